The lowest BCUT2D eigenvalue weighted by Crippen LogP contribution is -2.46. The second kappa shape index (κ2) is 8.62. The van der Waals surface area contributed by atoms with Crippen molar-refractivity contribution in [2.24, 2.45) is 0 Å². The fraction of sp³-hybridized carbons (Fsp3) is 0.500. The van der Waals surface area contributed by atoms with Crippen molar-refractivity contribution in [2.75, 3.05) is 42.9 Å². The minimum Gasteiger partial charge on any atom is -0.367 e. The van der Waals surface area contributed by atoms with Crippen LogP contribution < -0.4 is 10.2 Å². The Balaban J connectivity index is 1.54. The number of hydrogen-bond acceptors (Lipinski definition) is 5. The average Bonchev–Trinajstić information content (AvgIpc) is 3.16. The van der Waals surface area contributed by atoms with Crippen LogP contribution in [0.15, 0.2) is 36.9 Å². The second-order valence-corrected chi connectivity index (χ2v) is 6.25. The van der Waals surface area contributed by atoms with Crippen LogP contribution in [0.1, 0.15) is 19.8 Å². The molecule has 1 aromatic heterocycles. The third-order valence-electron chi connectivity index (χ3n) is 4.60. The zero-order valence-electron chi connectivity index (χ0n) is 14.8. The Morgan fingerprint density at radius 2 is 2.00 bits per heavy atom. The van der Waals surface area contributed by atoms with Crippen molar-refractivity contribution in [3.05, 3.63) is 36.9 Å². The number of aromatic nitrogens is 3. The summed E-state index contributed by atoms with van der Waals surface area (Å²) in [6, 6.07) is 8.07. The van der Waals surface area contributed by atoms with Crippen LogP contribution in [0.4, 0.5) is 11.4 Å². The first-order valence-corrected chi connectivity index (χ1v) is 8.95. The summed E-state index contributed by atoms with van der Waals surface area (Å²) in [7, 11) is 0. The van der Waals surface area contributed by atoms with Crippen LogP contribution in [0.2, 0.25) is 0 Å². The smallest absolute Gasteiger partial charge is 0.224 e. The van der Waals surface area contributed by atoms with Crippen molar-refractivity contribution in [1.82, 2.24) is 19.7 Å². The number of anilines is 2. The Kier molecular flexibility index (Phi) is 6.00. The van der Waals surface area contributed by atoms with Crippen LogP contribution in [0.5, 0.6) is 0 Å². The van der Waals surface area contributed by atoms with Gasteiger partial charge in [0.15, 0.2) is 0 Å². The molecule has 0 aliphatic carbocycles. The second-order valence-electron chi connectivity index (χ2n) is 6.25. The van der Waals surface area contributed by atoms with Gasteiger partial charge in [0, 0.05) is 39.1 Å². The number of piperazine rings is 1. The summed E-state index contributed by atoms with van der Waals surface area (Å²) in [6.45, 7) is 8.11. The van der Waals surface area contributed by atoms with Crippen molar-refractivity contribution in [2.45, 2.75) is 26.3 Å². The molecule has 7 nitrogen and oxygen atoms in total. The van der Waals surface area contributed by atoms with E-state index in [1.54, 1.807) is 11.0 Å². The highest BCUT2D eigenvalue weighted by molar-refractivity contribution is 5.94. The van der Waals surface area contributed by atoms with Gasteiger partial charge in [0.2, 0.25) is 5.91 Å². The van der Waals surface area contributed by atoms with Gasteiger partial charge < -0.3 is 15.1 Å². The third kappa shape index (κ3) is 4.79. The Labute approximate surface area is 148 Å². The van der Waals surface area contributed by atoms with Crippen LogP contribution in [0, 0.1) is 0 Å². The highest BCUT2D eigenvalue weighted by Crippen LogP contribution is 2.26. The zero-order chi connectivity index (χ0) is 17.5. The summed E-state index contributed by atoms with van der Waals surface area (Å²) in [5.74, 6) is 0.0414. The lowest BCUT2D eigenvalue weighted by atomic mass is 10.2. The lowest BCUT2D eigenvalue weighted by molar-refractivity contribution is -0.116. The van der Waals surface area contributed by atoms with Crippen molar-refractivity contribution >= 4 is 17.3 Å². The predicted molar refractivity (Wildman–Crippen MR) is 98.7 cm³/mol. The van der Waals surface area contributed by atoms with Crippen molar-refractivity contribution in [1.29, 1.82) is 0 Å². The molecule has 2 heterocycles. The van der Waals surface area contributed by atoms with Gasteiger partial charge in [-0.25, -0.2) is 4.98 Å². The molecule has 0 atom stereocenters. The Morgan fingerprint density at radius 1 is 1.20 bits per heavy atom. The van der Waals surface area contributed by atoms with Gasteiger partial charge in [-0.3, -0.25) is 9.48 Å². The highest BCUT2D eigenvalue weighted by Gasteiger charge is 2.18. The number of benzene rings is 1. The van der Waals surface area contributed by atoms with Crippen LogP contribution in [0.25, 0.3) is 0 Å². The average molecular weight is 342 g/mol. The number of carbonyl (C=O) groups is 1. The van der Waals surface area contributed by atoms with Crippen LogP contribution in [-0.4, -0.2) is 58.3 Å². The Morgan fingerprint density at radius 3 is 2.72 bits per heavy atom. The molecule has 25 heavy (non-hydrogen) atoms. The molecule has 2 aromatic rings. The summed E-state index contributed by atoms with van der Waals surface area (Å²) in [4.78, 5) is 21.0. The topological polar surface area (TPSA) is 66.3 Å². The molecule has 1 saturated heterocycles. The molecule has 0 saturated carbocycles. The minimum absolute atomic E-state index is 0.0414. The number of nitrogens with zero attached hydrogens (tertiary/aromatic N) is 5. The maximum atomic E-state index is 12.3. The van der Waals surface area contributed by atoms with E-state index in [0.29, 0.717) is 13.0 Å². The summed E-state index contributed by atoms with van der Waals surface area (Å²) < 4.78 is 1.74. The van der Waals surface area contributed by atoms with Gasteiger partial charge in [-0.15, -0.1) is 0 Å². The highest BCUT2D eigenvalue weighted by atomic mass is 16.1. The normalized spacial score (nSPS) is 15.3. The standard InChI is InChI=1S/C18H26N6O/c1-2-22-10-12-23(13-11-22)17-7-4-3-6-16(17)21-18(25)8-5-9-24-15-19-14-20-24/h3-4,6-7,14-15H,2,5,8-13H2,1H3,(H,21,25). The van der Waals surface area contributed by atoms with Crippen LogP contribution in [0.3, 0.4) is 0 Å². The summed E-state index contributed by atoms with van der Waals surface area (Å²) in [5, 5.41) is 7.12. The molecule has 3 rings (SSSR count). The van der Waals surface area contributed by atoms with Crippen LogP contribution in [-0.2, 0) is 11.3 Å². The van der Waals surface area contributed by atoms with E-state index in [9.17, 15) is 4.79 Å². The summed E-state index contributed by atoms with van der Waals surface area (Å²) in [5.41, 5.74) is 2.01. The maximum Gasteiger partial charge on any atom is 0.224 e. The number of likely N-dealkylation sites (N-methyl/N-ethyl adjacent to an activating group) is 1. The van der Waals surface area contributed by atoms with E-state index in [2.05, 4.69) is 38.2 Å². The molecular formula is C18H26N6O. The fourth-order valence-corrected chi connectivity index (χ4v) is 3.12. The number of aryl methyl sites for hydroxylation is 1. The molecule has 0 spiro atoms. The first-order valence-electron chi connectivity index (χ1n) is 8.95. The Hall–Kier alpha value is -2.41. The molecule has 1 aromatic carbocycles. The van der Waals surface area contributed by atoms with Gasteiger partial charge in [0.1, 0.15) is 12.7 Å². The SMILES string of the molecule is CCN1CCN(c2ccccc2NC(=O)CCCn2cncn2)CC1. The number of para-hydroxylation sites is 2. The summed E-state index contributed by atoms with van der Waals surface area (Å²) in [6.07, 6.45) is 4.39. The number of nitrogens with one attached hydrogen (secondary N) is 1. The molecule has 0 radical (unpaired) electrons. The monoisotopic (exact) mass is 342 g/mol. The third-order valence-corrected chi connectivity index (χ3v) is 4.60. The van der Waals surface area contributed by atoms with E-state index in [1.165, 1.54) is 6.33 Å². The van der Waals surface area contributed by atoms with E-state index in [0.717, 1.165) is 50.5 Å². The fourth-order valence-electron chi connectivity index (χ4n) is 3.12. The molecule has 7 heteroatoms. The molecule has 0 unspecified atom stereocenters. The molecule has 1 amide bonds. The predicted octanol–water partition coefficient (Wildman–Crippen LogP) is 1.84. The quantitative estimate of drug-likeness (QED) is 0.832. The van der Waals surface area contributed by atoms with E-state index >= 15 is 0 Å². The van der Waals surface area contributed by atoms with E-state index in [1.807, 2.05) is 18.2 Å². The first kappa shape index (κ1) is 17.4. The number of hydrogen-bond donors (Lipinski definition) is 1. The van der Waals surface area contributed by atoms with Crippen molar-refractivity contribution < 1.29 is 4.79 Å². The summed E-state index contributed by atoms with van der Waals surface area (Å²) >= 11 is 0. The van der Waals surface area contributed by atoms with E-state index in [-0.39, 0.29) is 5.91 Å². The lowest BCUT2D eigenvalue weighted by Gasteiger charge is -2.36. The molecule has 134 valence electrons. The van der Waals surface area contributed by atoms with Gasteiger partial charge in [0.05, 0.1) is 11.4 Å². The van der Waals surface area contributed by atoms with Crippen molar-refractivity contribution in [3.8, 4) is 0 Å². The van der Waals surface area contributed by atoms with Crippen LogP contribution >= 0.6 is 0 Å². The van der Waals surface area contributed by atoms with E-state index in [4.69, 9.17) is 0 Å². The molecule has 1 N–H and O–H groups in total. The first-order chi connectivity index (χ1) is 12.3. The molecule has 0 bridgehead atoms. The number of rotatable bonds is 7. The van der Waals surface area contributed by atoms with E-state index < -0.39 is 0 Å². The molecular weight excluding hydrogens is 316 g/mol. The van der Waals surface area contributed by atoms with Gasteiger partial charge in [-0.1, -0.05) is 19.1 Å². The minimum atomic E-state index is 0.0414. The molecule has 1 fully saturated rings. The van der Waals surface area contributed by atoms with Gasteiger partial charge in [-0.2, -0.15) is 5.10 Å². The van der Waals surface area contributed by atoms with Gasteiger partial charge in [0.25, 0.3) is 0 Å². The number of carbonyl (C=O) groups excluding carboxylic acids is 1. The number of amides is 1. The van der Waals surface area contributed by atoms with Crippen molar-refractivity contribution in [3.63, 3.8) is 0 Å². The molecule has 1 aliphatic heterocycles. The zero-order valence-corrected chi connectivity index (χ0v) is 14.8. The van der Waals surface area contributed by atoms with Gasteiger partial charge >= 0.3 is 0 Å². The van der Waals surface area contributed by atoms with Gasteiger partial charge in [-0.05, 0) is 25.1 Å². The Bertz CT molecular complexity index is 664. The maximum absolute atomic E-state index is 12.3. The molecule has 1 aliphatic rings. The largest absolute Gasteiger partial charge is 0.367 e.